The third-order valence-corrected chi connectivity index (χ3v) is 3.78. The number of carbonyl (C=O) groups excluding carboxylic acids is 1. The normalized spacial score (nSPS) is 19.5. The summed E-state index contributed by atoms with van der Waals surface area (Å²) in [7, 11) is 0. The summed E-state index contributed by atoms with van der Waals surface area (Å²) in [5.74, 6) is 0.975. The minimum Gasteiger partial charge on any atom is -0.459 e. The van der Waals surface area contributed by atoms with E-state index in [2.05, 4.69) is 10.6 Å². The van der Waals surface area contributed by atoms with Crippen LogP contribution in [0.3, 0.4) is 0 Å². The maximum Gasteiger partial charge on any atom is 0.338 e. The number of rotatable bonds is 3. The molecule has 0 bridgehead atoms. The third kappa shape index (κ3) is 3.10. The van der Waals surface area contributed by atoms with E-state index in [0.717, 1.165) is 5.56 Å². The first-order valence-electron chi connectivity index (χ1n) is 7.34. The highest BCUT2D eigenvalue weighted by Gasteiger charge is 2.32. The van der Waals surface area contributed by atoms with Crippen molar-refractivity contribution in [3.05, 3.63) is 35.0 Å². The number of ether oxygens (including phenoxy) is 3. The molecule has 7 heteroatoms. The van der Waals surface area contributed by atoms with Crippen LogP contribution < -0.4 is 20.1 Å². The first kappa shape index (κ1) is 15.6. The standard InChI is InChI=1S/C16H18N2O4S/c1-8(2)22-15(19)13-9(3)17-16(23)18-14(13)10-4-5-11-12(6-10)21-7-20-11/h4-6,8,14H,7H2,1-3H3,(H2,17,18,23)/t14-/m0/s1. The van der Waals surface area contributed by atoms with Gasteiger partial charge in [0.2, 0.25) is 6.79 Å². The summed E-state index contributed by atoms with van der Waals surface area (Å²) in [5.41, 5.74) is 2.04. The molecule has 1 aromatic rings. The molecule has 122 valence electrons. The van der Waals surface area contributed by atoms with Gasteiger partial charge in [-0.05, 0) is 50.7 Å². The maximum atomic E-state index is 12.5. The molecule has 0 saturated heterocycles. The molecule has 1 aromatic carbocycles. The predicted molar refractivity (Wildman–Crippen MR) is 88.1 cm³/mol. The van der Waals surface area contributed by atoms with Crippen molar-refractivity contribution in [2.75, 3.05) is 6.79 Å². The van der Waals surface area contributed by atoms with Crippen molar-refractivity contribution in [1.29, 1.82) is 0 Å². The van der Waals surface area contributed by atoms with Gasteiger partial charge < -0.3 is 24.8 Å². The molecule has 0 aromatic heterocycles. The van der Waals surface area contributed by atoms with Gasteiger partial charge in [0.25, 0.3) is 0 Å². The van der Waals surface area contributed by atoms with E-state index in [1.807, 2.05) is 39.0 Å². The predicted octanol–water partition coefficient (Wildman–Crippen LogP) is 2.16. The molecule has 1 atom stereocenters. The summed E-state index contributed by atoms with van der Waals surface area (Å²) >= 11 is 5.22. The van der Waals surface area contributed by atoms with Gasteiger partial charge in [-0.3, -0.25) is 0 Å². The van der Waals surface area contributed by atoms with E-state index in [9.17, 15) is 4.79 Å². The number of hydrogen-bond donors (Lipinski definition) is 2. The van der Waals surface area contributed by atoms with Crippen molar-refractivity contribution < 1.29 is 19.0 Å². The van der Waals surface area contributed by atoms with E-state index in [1.165, 1.54) is 0 Å². The largest absolute Gasteiger partial charge is 0.459 e. The first-order chi connectivity index (χ1) is 11.0. The molecule has 0 saturated carbocycles. The van der Waals surface area contributed by atoms with Gasteiger partial charge in [0.05, 0.1) is 17.7 Å². The van der Waals surface area contributed by atoms with Crippen LogP contribution in [0.15, 0.2) is 29.5 Å². The van der Waals surface area contributed by atoms with Crippen LogP contribution in [-0.4, -0.2) is 24.0 Å². The molecular formula is C16H18N2O4S. The van der Waals surface area contributed by atoms with Gasteiger partial charge >= 0.3 is 5.97 Å². The Balaban J connectivity index is 1.99. The second kappa shape index (κ2) is 6.08. The Hall–Kier alpha value is -2.28. The summed E-state index contributed by atoms with van der Waals surface area (Å²) < 4.78 is 16.1. The number of allylic oxidation sites excluding steroid dienone is 1. The highest BCUT2D eigenvalue weighted by Crippen LogP contribution is 2.37. The summed E-state index contributed by atoms with van der Waals surface area (Å²) in [6.07, 6.45) is -0.200. The van der Waals surface area contributed by atoms with E-state index in [-0.39, 0.29) is 18.9 Å². The van der Waals surface area contributed by atoms with Gasteiger partial charge in [-0.1, -0.05) is 6.07 Å². The van der Waals surface area contributed by atoms with E-state index < -0.39 is 6.04 Å². The van der Waals surface area contributed by atoms with Gasteiger partial charge in [0.15, 0.2) is 16.6 Å². The molecule has 3 rings (SSSR count). The lowest BCUT2D eigenvalue weighted by Gasteiger charge is -2.30. The zero-order valence-electron chi connectivity index (χ0n) is 13.1. The Morgan fingerprint density at radius 2 is 2.09 bits per heavy atom. The number of fused-ring (bicyclic) bond motifs is 1. The van der Waals surface area contributed by atoms with E-state index >= 15 is 0 Å². The lowest BCUT2D eigenvalue weighted by Crippen LogP contribution is -2.45. The average Bonchev–Trinajstić information content (AvgIpc) is 2.92. The number of carbonyl (C=O) groups is 1. The molecule has 23 heavy (non-hydrogen) atoms. The Labute approximate surface area is 139 Å². The smallest absolute Gasteiger partial charge is 0.338 e. The fraction of sp³-hybridized carbons (Fsp3) is 0.375. The van der Waals surface area contributed by atoms with Crippen LogP contribution in [0.2, 0.25) is 0 Å². The van der Waals surface area contributed by atoms with Crippen molar-refractivity contribution in [2.45, 2.75) is 32.9 Å². The molecule has 0 aliphatic carbocycles. The van der Waals surface area contributed by atoms with Crippen molar-refractivity contribution >= 4 is 23.3 Å². The number of thiocarbonyl (C=S) groups is 1. The van der Waals surface area contributed by atoms with Crippen LogP contribution in [0.1, 0.15) is 32.4 Å². The van der Waals surface area contributed by atoms with Gasteiger partial charge in [-0.25, -0.2) is 4.79 Å². The SMILES string of the molecule is CC1=C(C(=O)OC(C)C)[C@H](c2ccc3c(c2)OCO3)NC(=S)N1. The van der Waals surface area contributed by atoms with Crippen LogP contribution in [-0.2, 0) is 9.53 Å². The second-order valence-corrected chi connectivity index (χ2v) is 6.05. The van der Waals surface area contributed by atoms with Crippen LogP contribution in [0.4, 0.5) is 0 Å². The molecule has 2 heterocycles. The van der Waals surface area contributed by atoms with Crippen LogP contribution in [0.25, 0.3) is 0 Å². The Bertz CT molecular complexity index is 699. The van der Waals surface area contributed by atoms with E-state index in [1.54, 1.807) is 0 Å². The highest BCUT2D eigenvalue weighted by molar-refractivity contribution is 7.80. The van der Waals surface area contributed by atoms with Crippen molar-refractivity contribution in [2.24, 2.45) is 0 Å². The van der Waals surface area contributed by atoms with Gasteiger partial charge in [0, 0.05) is 5.70 Å². The lowest BCUT2D eigenvalue weighted by molar-refractivity contribution is -0.143. The third-order valence-electron chi connectivity index (χ3n) is 3.56. The number of hydrogen-bond acceptors (Lipinski definition) is 5. The molecule has 2 N–H and O–H groups in total. The van der Waals surface area contributed by atoms with Crippen LogP contribution >= 0.6 is 12.2 Å². The van der Waals surface area contributed by atoms with E-state index in [4.69, 9.17) is 26.4 Å². The van der Waals surface area contributed by atoms with Gasteiger partial charge in [-0.2, -0.15) is 0 Å². The minimum absolute atomic E-state index is 0.200. The highest BCUT2D eigenvalue weighted by atomic mass is 32.1. The molecular weight excluding hydrogens is 316 g/mol. The zero-order chi connectivity index (χ0) is 16.6. The minimum atomic E-state index is -0.399. The second-order valence-electron chi connectivity index (χ2n) is 5.64. The van der Waals surface area contributed by atoms with Crippen LogP contribution in [0.5, 0.6) is 11.5 Å². The zero-order valence-corrected chi connectivity index (χ0v) is 14.0. The maximum absolute atomic E-state index is 12.5. The average molecular weight is 334 g/mol. The molecule has 0 amide bonds. The van der Waals surface area contributed by atoms with Gasteiger partial charge in [0.1, 0.15) is 0 Å². The van der Waals surface area contributed by atoms with Crippen molar-refractivity contribution in [3.63, 3.8) is 0 Å². The summed E-state index contributed by atoms with van der Waals surface area (Å²) in [6.45, 7) is 5.65. The Kier molecular flexibility index (Phi) is 4.12. The Morgan fingerprint density at radius 3 is 2.83 bits per heavy atom. The number of nitrogens with one attached hydrogen (secondary N) is 2. The fourth-order valence-corrected chi connectivity index (χ4v) is 2.86. The summed E-state index contributed by atoms with van der Waals surface area (Å²) in [4.78, 5) is 12.5. The van der Waals surface area contributed by atoms with Crippen molar-refractivity contribution in [1.82, 2.24) is 10.6 Å². The molecule has 0 fully saturated rings. The summed E-state index contributed by atoms with van der Waals surface area (Å²) in [6, 6.07) is 5.16. The Morgan fingerprint density at radius 1 is 1.35 bits per heavy atom. The van der Waals surface area contributed by atoms with E-state index in [0.29, 0.717) is 27.9 Å². The number of benzene rings is 1. The topological polar surface area (TPSA) is 68.8 Å². The molecule has 0 unspecified atom stereocenters. The van der Waals surface area contributed by atoms with Gasteiger partial charge in [-0.15, -0.1) is 0 Å². The molecule has 2 aliphatic heterocycles. The number of esters is 1. The first-order valence-corrected chi connectivity index (χ1v) is 7.75. The summed E-state index contributed by atoms with van der Waals surface area (Å²) in [5, 5.41) is 6.57. The monoisotopic (exact) mass is 334 g/mol. The quantitative estimate of drug-likeness (QED) is 0.648. The van der Waals surface area contributed by atoms with Crippen molar-refractivity contribution in [3.8, 4) is 11.5 Å². The van der Waals surface area contributed by atoms with Crippen LogP contribution in [0, 0.1) is 0 Å². The fourth-order valence-electron chi connectivity index (χ4n) is 2.58. The molecule has 0 radical (unpaired) electrons. The lowest BCUT2D eigenvalue weighted by atomic mass is 9.95. The molecule has 2 aliphatic rings. The molecule has 6 nitrogen and oxygen atoms in total. The molecule has 0 spiro atoms.